The van der Waals surface area contributed by atoms with E-state index >= 15 is 0 Å². The third-order valence-corrected chi connectivity index (χ3v) is 7.96. The van der Waals surface area contributed by atoms with E-state index in [4.69, 9.17) is 9.84 Å². The highest BCUT2D eigenvalue weighted by Crippen LogP contribution is 2.29. The van der Waals surface area contributed by atoms with Gasteiger partial charge in [-0.05, 0) is 31.7 Å². The minimum absolute atomic E-state index is 0.228. The van der Waals surface area contributed by atoms with Crippen molar-refractivity contribution in [1.29, 1.82) is 0 Å². The van der Waals surface area contributed by atoms with Gasteiger partial charge in [0.05, 0.1) is 29.6 Å². The van der Waals surface area contributed by atoms with Gasteiger partial charge >= 0.3 is 0 Å². The fraction of sp³-hybridized carbons (Fsp3) is 0.357. The SMILES string of the molecule is CCc1nn(Cc2nccs2)c2cccc(NC(=O)c3cnc4cc(OCCN5CCN(C)CC5)ccn34)c12. The molecule has 1 amide bonds. The lowest BCUT2D eigenvalue weighted by Gasteiger charge is -2.32. The van der Waals surface area contributed by atoms with Gasteiger partial charge in [-0.3, -0.25) is 18.8 Å². The number of anilines is 1. The second-order valence-electron chi connectivity index (χ2n) is 9.77. The van der Waals surface area contributed by atoms with Gasteiger partial charge in [-0.1, -0.05) is 13.0 Å². The monoisotopic (exact) mass is 544 g/mol. The summed E-state index contributed by atoms with van der Waals surface area (Å²) in [6.45, 7) is 8.50. The second-order valence-corrected chi connectivity index (χ2v) is 10.7. The highest BCUT2D eigenvalue weighted by molar-refractivity contribution is 7.09. The van der Waals surface area contributed by atoms with E-state index in [1.54, 1.807) is 28.1 Å². The molecule has 4 aromatic heterocycles. The summed E-state index contributed by atoms with van der Waals surface area (Å²) in [5.41, 5.74) is 3.77. The normalized spacial score (nSPS) is 14.8. The van der Waals surface area contributed by atoms with E-state index in [0.717, 1.165) is 72.2 Å². The Kier molecular flexibility index (Phi) is 7.27. The smallest absolute Gasteiger partial charge is 0.274 e. The summed E-state index contributed by atoms with van der Waals surface area (Å²) in [7, 11) is 2.16. The molecule has 0 spiro atoms. The van der Waals surface area contributed by atoms with Crippen molar-refractivity contribution in [3.63, 3.8) is 0 Å². The van der Waals surface area contributed by atoms with Crippen LogP contribution in [0.25, 0.3) is 16.6 Å². The summed E-state index contributed by atoms with van der Waals surface area (Å²) in [4.78, 5) is 27.0. The summed E-state index contributed by atoms with van der Waals surface area (Å²) >= 11 is 1.61. The topological polar surface area (TPSA) is 92.8 Å². The summed E-state index contributed by atoms with van der Waals surface area (Å²) in [6, 6.07) is 9.65. The Bertz CT molecular complexity index is 1580. The minimum atomic E-state index is -0.228. The molecule has 5 aromatic rings. The van der Waals surface area contributed by atoms with E-state index in [1.807, 2.05) is 46.6 Å². The maximum absolute atomic E-state index is 13.4. The Morgan fingerprint density at radius 1 is 1.15 bits per heavy atom. The molecule has 6 rings (SSSR count). The number of nitrogens with zero attached hydrogens (tertiary/aromatic N) is 7. The number of aromatic nitrogens is 5. The van der Waals surface area contributed by atoms with Crippen molar-refractivity contribution >= 4 is 39.5 Å². The minimum Gasteiger partial charge on any atom is -0.492 e. The number of benzene rings is 1. The molecule has 202 valence electrons. The molecular weight excluding hydrogens is 512 g/mol. The zero-order chi connectivity index (χ0) is 26.8. The van der Waals surface area contributed by atoms with Crippen molar-refractivity contribution < 1.29 is 9.53 Å². The predicted molar refractivity (Wildman–Crippen MR) is 153 cm³/mol. The van der Waals surface area contributed by atoms with Crippen LogP contribution >= 0.6 is 11.3 Å². The van der Waals surface area contributed by atoms with Crippen LogP contribution in [0.4, 0.5) is 5.69 Å². The van der Waals surface area contributed by atoms with Crippen LogP contribution in [0, 0.1) is 0 Å². The van der Waals surface area contributed by atoms with Crippen molar-refractivity contribution in [1.82, 2.24) is 33.9 Å². The number of likely N-dealkylation sites (N-methyl/N-ethyl adjacent to an activating group) is 1. The number of pyridine rings is 1. The van der Waals surface area contributed by atoms with Crippen molar-refractivity contribution in [3.05, 3.63) is 70.7 Å². The van der Waals surface area contributed by atoms with Gasteiger partial charge in [-0.2, -0.15) is 5.10 Å². The zero-order valence-corrected chi connectivity index (χ0v) is 23.0. The van der Waals surface area contributed by atoms with Gasteiger partial charge in [0.1, 0.15) is 28.7 Å². The zero-order valence-electron chi connectivity index (χ0n) is 22.2. The Balaban J connectivity index is 1.17. The van der Waals surface area contributed by atoms with Gasteiger partial charge in [0.25, 0.3) is 5.91 Å². The van der Waals surface area contributed by atoms with Crippen molar-refractivity contribution in [3.8, 4) is 5.75 Å². The number of nitrogens with one attached hydrogen (secondary N) is 1. The molecule has 1 N–H and O–H groups in total. The predicted octanol–water partition coefficient (Wildman–Crippen LogP) is 3.63. The Labute approximate surface area is 230 Å². The fourth-order valence-electron chi connectivity index (χ4n) is 5.01. The quantitative estimate of drug-likeness (QED) is 0.303. The van der Waals surface area contributed by atoms with E-state index in [1.165, 1.54) is 0 Å². The number of carbonyl (C=O) groups excluding carboxylic acids is 1. The Morgan fingerprint density at radius 2 is 2.03 bits per heavy atom. The molecule has 1 aromatic carbocycles. The fourth-order valence-corrected chi connectivity index (χ4v) is 5.61. The standard InChI is InChI=1S/C28H32N8O2S/c1-3-21-27-22(5-4-6-23(27)36(32-21)19-26-29-8-16-39-26)31-28(37)24-18-30-25-17-20(7-9-35(24)25)38-15-14-34-12-10-33(2)11-13-34/h4-9,16-18H,3,10-15,19H2,1-2H3,(H,31,37). The number of ether oxygens (including phenoxy) is 1. The number of rotatable bonds is 9. The van der Waals surface area contributed by atoms with E-state index in [2.05, 4.69) is 39.1 Å². The third-order valence-electron chi connectivity index (χ3n) is 7.19. The number of imidazole rings is 1. The maximum Gasteiger partial charge on any atom is 0.274 e. The first kappa shape index (κ1) is 25.5. The Morgan fingerprint density at radius 3 is 2.82 bits per heavy atom. The summed E-state index contributed by atoms with van der Waals surface area (Å²) < 4.78 is 9.75. The molecule has 1 saturated heterocycles. The van der Waals surface area contributed by atoms with Crippen LogP contribution in [0.15, 0.2) is 54.3 Å². The largest absolute Gasteiger partial charge is 0.492 e. The first-order valence-electron chi connectivity index (χ1n) is 13.3. The van der Waals surface area contributed by atoms with Crippen LogP contribution in [-0.4, -0.2) is 86.2 Å². The van der Waals surface area contributed by atoms with Gasteiger partial charge in [0.2, 0.25) is 0 Å². The molecule has 39 heavy (non-hydrogen) atoms. The molecule has 0 unspecified atom stereocenters. The molecule has 10 nitrogen and oxygen atoms in total. The molecule has 0 atom stereocenters. The molecule has 11 heteroatoms. The van der Waals surface area contributed by atoms with Crippen LogP contribution in [0.5, 0.6) is 5.75 Å². The van der Waals surface area contributed by atoms with Gasteiger partial charge < -0.3 is 15.0 Å². The van der Waals surface area contributed by atoms with E-state index in [0.29, 0.717) is 24.5 Å². The number of carbonyl (C=O) groups is 1. The second kappa shape index (κ2) is 11.1. The number of aryl methyl sites for hydroxylation is 1. The van der Waals surface area contributed by atoms with Gasteiger partial charge in [-0.15, -0.1) is 11.3 Å². The van der Waals surface area contributed by atoms with E-state index in [9.17, 15) is 4.79 Å². The molecule has 1 aliphatic rings. The number of piperazine rings is 1. The highest BCUT2D eigenvalue weighted by atomic mass is 32.1. The number of thiazole rings is 1. The van der Waals surface area contributed by atoms with Crippen LogP contribution in [0.2, 0.25) is 0 Å². The van der Waals surface area contributed by atoms with Crippen LogP contribution in [-0.2, 0) is 13.0 Å². The first-order chi connectivity index (χ1) is 19.1. The maximum atomic E-state index is 13.4. The van der Waals surface area contributed by atoms with Crippen LogP contribution < -0.4 is 10.1 Å². The molecule has 0 bridgehead atoms. The number of hydrogen-bond acceptors (Lipinski definition) is 8. The molecule has 0 aliphatic carbocycles. The van der Waals surface area contributed by atoms with Crippen LogP contribution in [0.3, 0.4) is 0 Å². The Hall–Kier alpha value is -3.80. The molecule has 1 fully saturated rings. The van der Waals surface area contributed by atoms with Crippen molar-refractivity contribution in [2.75, 3.05) is 51.7 Å². The lowest BCUT2D eigenvalue weighted by Crippen LogP contribution is -2.45. The lowest BCUT2D eigenvalue weighted by atomic mass is 10.1. The summed E-state index contributed by atoms with van der Waals surface area (Å²) in [5.74, 6) is 0.521. The highest BCUT2D eigenvalue weighted by Gasteiger charge is 2.19. The molecule has 0 saturated carbocycles. The molecule has 5 heterocycles. The van der Waals surface area contributed by atoms with E-state index < -0.39 is 0 Å². The third kappa shape index (κ3) is 5.38. The first-order valence-corrected chi connectivity index (χ1v) is 14.2. The number of fused-ring (bicyclic) bond motifs is 2. The molecule has 0 radical (unpaired) electrons. The summed E-state index contributed by atoms with van der Waals surface area (Å²) in [6.07, 6.45) is 6.00. The number of hydrogen-bond donors (Lipinski definition) is 1. The van der Waals surface area contributed by atoms with E-state index in [-0.39, 0.29) is 5.91 Å². The van der Waals surface area contributed by atoms with Gasteiger partial charge in [-0.25, -0.2) is 9.97 Å². The van der Waals surface area contributed by atoms with Gasteiger partial charge in [0.15, 0.2) is 0 Å². The summed E-state index contributed by atoms with van der Waals surface area (Å²) in [5, 5.41) is 11.8. The van der Waals surface area contributed by atoms with Crippen LogP contribution in [0.1, 0.15) is 28.1 Å². The average molecular weight is 545 g/mol. The molecule has 1 aliphatic heterocycles. The lowest BCUT2D eigenvalue weighted by molar-refractivity contribution is 0.102. The van der Waals surface area contributed by atoms with Crippen molar-refractivity contribution in [2.24, 2.45) is 0 Å². The van der Waals surface area contributed by atoms with Gasteiger partial charge in [0, 0.05) is 62.0 Å². The molecular formula is C28H32N8O2S. The number of amides is 1. The van der Waals surface area contributed by atoms with Crippen molar-refractivity contribution in [2.45, 2.75) is 19.9 Å². The average Bonchev–Trinajstić information content (AvgIpc) is 3.69.